The van der Waals surface area contributed by atoms with Crippen LogP contribution in [0.5, 0.6) is 0 Å². The van der Waals surface area contributed by atoms with E-state index in [-0.39, 0.29) is 12.3 Å². The molecule has 0 aliphatic carbocycles. The number of nitrogens with one attached hydrogen (secondary N) is 1. The Labute approximate surface area is 123 Å². The monoisotopic (exact) mass is 286 g/mol. The molecule has 0 saturated carbocycles. The minimum Gasteiger partial charge on any atom is -0.394 e. The first kappa shape index (κ1) is 15.0. The van der Waals surface area contributed by atoms with Crippen LogP contribution < -0.4 is 5.32 Å². The lowest BCUT2D eigenvalue weighted by atomic mass is 9.92. The van der Waals surface area contributed by atoms with E-state index in [4.69, 9.17) is 0 Å². The number of aliphatic hydroxyl groups excluding tert-OH is 1. The third kappa shape index (κ3) is 3.20. The lowest BCUT2D eigenvalue weighted by molar-refractivity contribution is -0.385. The molecule has 0 aliphatic heterocycles. The van der Waals surface area contributed by atoms with E-state index in [1.54, 1.807) is 19.1 Å². The van der Waals surface area contributed by atoms with Crippen molar-refractivity contribution in [3.05, 3.63) is 69.8 Å². The molecule has 2 aromatic carbocycles. The number of aryl methyl sites for hydroxylation is 1. The Balaban J connectivity index is 2.31. The van der Waals surface area contributed by atoms with Gasteiger partial charge in [0.2, 0.25) is 0 Å². The smallest absolute Gasteiger partial charge is 0.272 e. The molecular formula is C16H18N2O3. The topological polar surface area (TPSA) is 75.4 Å². The van der Waals surface area contributed by atoms with Crippen molar-refractivity contribution < 1.29 is 10.0 Å². The minimum atomic E-state index is -0.649. The van der Waals surface area contributed by atoms with Gasteiger partial charge in [-0.3, -0.25) is 10.1 Å². The normalized spacial score (nSPS) is 13.5. The highest BCUT2D eigenvalue weighted by Gasteiger charge is 2.25. The summed E-state index contributed by atoms with van der Waals surface area (Å²) in [6, 6.07) is 14.4. The number of benzene rings is 2. The van der Waals surface area contributed by atoms with E-state index in [1.807, 2.05) is 37.3 Å². The van der Waals surface area contributed by atoms with E-state index >= 15 is 0 Å². The molecule has 1 unspecified atom stereocenters. The molecular weight excluding hydrogens is 268 g/mol. The van der Waals surface area contributed by atoms with Gasteiger partial charge in [-0.05, 0) is 31.5 Å². The van der Waals surface area contributed by atoms with Crippen LogP contribution in [0.2, 0.25) is 0 Å². The van der Waals surface area contributed by atoms with Crippen molar-refractivity contribution in [2.45, 2.75) is 19.4 Å². The second-order valence-electron chi connectivity index (χ2n) is 5.24. The van der Waals surface area contributed by atoms with Crippen LogP contribution in [0.1, 0.15) is 18.1 Å². The highest BCUT2D eigenvalue weighted by Crippen LogP contribution is 2.28. The van der Waals surface area contributed by atoms with Gasteiger partial charge < -0.3 is 10.4 Å². The van der Waals surface area contributed by atoms with Gasteiger partial charge in [0.05, 0.1) is 17.1 Å². The van der Waals surface area contributed by atoms with E-state index in [0.29, 0.717) is 5.56 Å². The summed E-state index contributed by atoms with van der Waals surface area (Å²) >= 11 is 0. The predicted octanol–water partition coefficient (Wildman–Crippen LogP) is 3.22. The van der Waals surface area contributed by atoms with Gasteiger partial charge in [-0.1, -0.05) is 30.3 Å². The van der Waals surface area contributed by atoms with E-state index in [9.17, 15) is 15.2 Å². The van der Waals surface area contributed by atoms with Crippen LogP contribution in [0.4, 0.5) is 11.4 Å². The molecule has 5 nitrogen and oxygen atoms in total. The summed E-state index contributed by atoms with van der Waals surface area (Å²) < 4.78 is 0. The average molecular weight is 286 g/mol. The predicted molar refractivity (Wildman–Crippen MR) is 82.3 cm³/mol. The van der Waals surface area contributed by atoms with Crippen molar-refractivity contribution in [1.82, 2.24) is 0 Å². The molecule has 0 aromatic heterocycles. The van der Waals surface area contributed by atoms with Crippen LogP contribution in [0, 0.1) is 17.0 Å². The number of hydrogen-bond acceptors (Lipinski definition) is 4. The molecule has 0 aliphatic rings. The molecule has 0 saturated heterocycles. The van der Waals surface area contributed by atoms with Crippen molar-refractivity contribution in [2.75, 3.05) is 11.9 Å². The standard InChI is InChI=1S/C16H18N2O3/c1-12-10-14(8-9-15(12)18(20)21)17-16(2,11-19)13-6-4-3-5-7-13/h3-10,17,19H,11H2,1-2H3. The molecule has 0 radical (unpaired) electrons. The van der Waals surface area contributed by atoms with Crippen molar-refractivity contribution in [3.8, 4) is 0 Å². The Bertz CT molecular complexity index is 643. The Hall–Kier alpha value is -2.40. The van der Waals surface area contributed by atoms with E-state index in [1.165, 1.54) is 6.07 Å². The largest absolute Gasteiger partial charge is 0.394 e. The number of aliphatic hydroxyl groups is 1. The first-order chi connectivity index (χ1) is 9.96. The second kappa shape index (κ2) is 5.93. The van der Waals surface area contributed by atoms with E-state index < -0.39 is 10.5 Å². The SMILES string of the molecule is Cc1cc(NC(C)(CO)c2ccccc2)ccc1[N+](=O)[O-]. The number of rotatable bonds is 5. The van der Waals surface area contributed by atoms with Crippen LogP contribution in [-0.4, -0.2) is 16.6 Å². The maximum absolute atomic E-state index is 10.8. The fraction of sp³-hybridized carbons (Fsp3) is 0.250. The Morgan fingerprint density at radius 2 is 1.90 bits per heavy atom. The summed E-state index contributed by atoms with van der Waals surface area (Å²) in [4.78, 5) is 10.4. The average Bonchev–Trinajstić information content (AvgIpc) is 2.47. The molecule has 0 spiro atoms. The number of nitro groups is 1. The number of anilines is 1. The number of nitrogens with zero attached hydrogens (tertiary/aromatic N) is 1. The maximum atomic E-state index is 10.8. The van der Waals surface area contributed by atoms with E-state index in [0.717, 1.165) is 11.3 Å². The zero-order valence-electron chi connectivity index (χ0n) is 12.0. The zero-order chi connectivity index (χ0) is 15.5. The van der Waals surface area contributed by atoms with Gasteiger partial charge in [0.25, 0.3) is 5.69 Å². The zero-order valence-corrected chi connectivity index (χ0v) is 12.0. The molecule has 2 aromatic rings. The molecule has 0 bridgehead atoms. The van der Waals surface area contributed by atoms with Gasteiger partial charge in [-0.2, -0.15) is 0 Å². The van der Waals surface area contributed by atoms with Gasteiger partial charge in [-0.15, -0.1) is 0 Å². The highest BCUT2D eigenvalue weighted by atomic mass is 16.6. The Morgan fingerprint density at radius 1 is 1.24 bits per heavy atom. The van der Waals surface area contributed by atoms with Crippen LogP contribution in [0.25, 0.3) is 0 Å². The van der Waals surface area contributed by atoms with E-state index in [2.05, 4.69) is 5.32 Å². The van der Waals surface area contributed by atoms with Gasteiger partial charge in [0, 0.05) is 17.3 Å². The van der Waals surface area contributed by atoms with Crippen LogP contribution in [-0.2, 0) is 5.54 Å². The number of nitro benzene ring substituents is 1. The summed E-state index contributed by atoms with van der Waals surface area (Å²) in [7, 11) is 0. The lowest BCUT2D eigenvalue weighted by Crippen LogP contribution is -2.35. The Morgan fingerprint density at radius 3 is 2.43 bits per heavy atom. The van der Waals surface area contributed by atoms with Gasteiger partial charge in [0.1, 0.15) is 0 Å². The first-order valence-electron chi connectivity index (χ1n) is 6.66. The van der Waals surface area contributed by atoms with Crippen LogP contribution in [0.3, 0.4) is 0 Å². The maximum Gasteiger partial charge on any atom is 0.272 e. The molecule has 2 rings (SSSR count). The molecule has 2 N–H and O–H groups in total. The third-order valence-corrected chi connectivity index (χ3v) is 3.54. The molecule has 110 valence electrons. The summed E-state index contributed by atoms with van der Waals surface area (Å²) in [6.07, 6.45) is 0. The molecule has 1 atom stereocenters. The first-order valence-corrected chi connectivity index (χ1v) is 6.66. The molecule has 0 heterocycles. The Kier molecular flexibility index (Phi) is 4.23. The quantitative estimate of drug-likeness (QED) is 0.653. The third-order valence-electron chi connectivity index (χ3n) is 3.54. The van der Waals surface area contributed by atoms with Crippen molar-refractivity contribution in [3.63, 3.8) is 0 Å². The molecule has 21 heavy (non-hydrogen) atoms. The van der Waals surface area contributed by atoms with Crippen molar-refractivity contribution in [1.29, 1.82) is 0 Å². The van der Waals surface area contributed by atoms with Gasteiger partial charge >= 0.3 is 0 Å². The van der Waals surface area contributed by atoms with Crippen molar-refractivity contribution >= 4 is 11.4 Å². The minimum absolute atomic E-state index is 0.0889. The number of hydrogen-bond donors (Lipinski definition) is 2. The summed E-state index contributed by atoms with van der Waals surface area (Å²) in [5.74, 6) is 0. The highest BCUT2D eigenvalue weighted by molar-refractivity contribution is 5.55. The van der Waals surface area contributed by atoms with Crippen molar-refractivity contribution in [2.24, 2.45) is 0 Å². The van der Waals surface area contributed by atoms with Crippen LogP contribution >= 0.6 is 0 Å². The van der Waals surface area contributed by atoms with Crippen LogP contribution in [0.15, 0.2) is 48.5 Å². The second-order valence-corrected chi connectivity index (χ2v) is 5.24. The van der Waals surface area contributed by atoms with Gasteiger partial charge in [-0.25, -0.2) is 0 Å². The summed E-state index contributed by atoms with van der Waals surface area (Å²) in [5, 5.41) is 23.8. The summed E-state index contributed by atoms with van der Waals surface area (Å²) in [5.41, 5.74) is 1.70. The lowest BCUT2D eigenvalue weighted by Gasteiger charge is -2.30. The fourth-order valence-corrected chi connectivity index (χ4v) is 2.27. The molecule has 0 amide bonds. The molecule has 5 heteroatoms. The van der Waals surface area contributed by atoms with Gasteiger partial charge in [0.15, 0.2) is 0 Å². The molecule has 0 fully saturated rings. The summed E-state index contributed by atoms with van der Waals surface area (Å²) in [6.45, 7) is 3.49. The fourth-order valence-electron chi connectivity index (χ4n) is 2.27.